The molecule has 0 aliphatic heterocycles. The molecular formula is C16H16N4O2S. The van der Waals surface area contributed by atoms with Gasteiger partial charge < -0.3 is 9.42 Å². The van der Waals surface area contributed by atoms with Crippen LogP contribution in [0.2, 0.25) is 0 Å². The first-order valence-electron chi connectivity index (χ1n) is 7.13. The molecule has 0 N–H and O–H groups in total. The highest BCUT2D eigenvalue weighted by Crippen LogP contribution is 2.19. The zero-order valence-electron chi connectivity index (χ0n) is 12.9. The van der Waals surface area contributed by atoms with E-state index < -0.39 is 0 Å². The molecule has 0 bridgehead atoms. The highest BCUT2D eigenvalue weighted by molar-refractivity contribution is 7.09. The molecule has 7 heteroatoms. The Morgan fingerprint density at radius 1 is 1.35 bits per heavy atom. The molecule has 1 amide bonds. The molecule has 23 heavy (non-hydrogen) atoms. The van der Waals surface area contributed by atoms with E-state index in [1.54, 1.807) is 35.7 Å². The van der Waals surface area contributed by atoms with Crippen LogP contribution in [0.3, 0.4) is 0 Å². The minimum Gasteiger partial charge on any atom is -0.359 e. The lowest BCUT2D eigenvalue weighted by atomic mass is 10.2. The van der Waals surface area contributed by atoms with Crippen LogP contribution in [0.1, 0.15) is 16.5 Å². The van der Waals surface area contributed by atoms with Gasteiger partial charge in [0, 0.05) is 36.5 Å². The molecule has 3 rings (SSSR count). The number of pyridine rings is 1. The summed E-state index contributed by atoms with van der Waals surface area (Å²) in [5.41, 5.74) is 2.47. The molecule has 0 fully saturated rings. The molecule has 3 aromatic heterocycles. The van der Waals surface area contributed by atoms with E-state index in [0.717, 1.165) is 22.0 Å². The Balaban J connectivity index is 1.62. The third-order valence-electron chi connectivity index (χ3n) is 3.35. The maximum absolute atomic E-state index is 12.2. The van der Waals surface area contributed by atoms with Crippen LogP contribution in [-0.2, 0) is 17.8 Å². The van der Waals surface area contributed by atoms with Gasteiger partial charge in [0.25, 0.3) is 0 Å². The molecule has 0 aliphatic rings. The Morgan fingerprint density at radius 2 is 2.13 bits per heavy atom. The molecule has 0 atom stereocenters. The van der Waals surface area contributed by atoms with Crippen molar-refractivity contribution < 1.29 is 9.32 Å². The third kappa shape index (κ3) is 3.81. The number of nitrogens with zero attached hydrogens (tertiary/aromatic N) is 4. The second-order valence-corrected chi connectivity index (χ2v) is 6.26. The average molecular weight is 328 g/mol. The van der Waals surface area contributed by atoms with Gasteiger partial charge in [0.2, 0.25) is 5.91 Å². The summed E-state index contributed by atoms with van der Waals surface area (Å²) in [7, 11) is 1.75. The van der Waals surface area contributed by atoms with Crippen molar-refractivity contribution in [2.75, 3.05) is 7.05 Å². The van der Waals surface area contributed by atoms with Crippen molar-refractivity contribution >= 4 is 17.2 Å². The Labute approximate surface area is 137 Å². The molecule has 0 aliphatic carbocycles. The number of likely N-dealkylation sites (N-methyl/N-ethyl adjacent to an activating group) is 1. The monoisotopic (exact) mass is 328 g/mol. The minimum atomic E-state index is -0.00263. The van der Waals surface area contributed by atoms with Crippen LogP contribution in [0.15, 0.2) is 40.5 Å². The molecule has 0 radical (unpaired) electrons. The van der Waals surface area contributed by atoms with Crippen molar-refractivity contribution in [1.29, 1.82) is 0 Å². The Kier molecular flexibility index (Phi) is 4.47. The fraction of sp³-hybridized carbons (Fsp3) is 0.250. The van der Waals surface area contributed by atoms with E-state index >= 15 is 0 Å². The summed E-state index contributed by atoms with van der Waals surface area (Å²) in [5.74, 6) is 0.638. The minimum absolute atomic E-state index is 0.00263. The lowest BCUT2D eigenvalue weighted by Crippen LogP contribution is -2.27. The highest BCUT2D eigenvalue weighted by atomic mass is 32.1. The number of hydrogen-bond acceptors (Lipinski definition) is 6. The second-order valence-electron chi connectivity index (χ2n) is 5.20. The van der Waals surface area contributed by atoms with Gasteiger partial charge in [0.05, 0.1) is 23.7 Å². The van der Waals surface area contributed by atoms with E-state index in [9.17, 15) is 4.79 Å². The molecule has 3 heterocycles. The van der Waals surface area contributed by atoms with Crippen molar-refractivity contribution in [3.8, 4) is 11.3 Å². The van der Waals surface area contributed by atoms with Crippen LogP contribution in [0.4, 0.5) is 0 Å². The van der Waals surface area contributed by atoms with Gasteiger partial charge in [-0.25, -0.2) is 4.98 Å². The van der Waals surface area contributed by atoms with Crippen LogP contribution in [0.5, 0.6) is 0 Å². The van der Waals surface area contributed by atoms with Crippen LogP contribution < -0.4 is 0 Å². The molecule has 0 aromatic carbocycles. The van der Waals surface area contributed by atoms with Crippen molar-refractivity contribution in [2.24, 2.45) is 0 Å². The molecule has 0 spiro atoms. The summed E-state index contributed by atoms with van der Waals surface area (Å²) in [6, 6.07) is 5.56. The summed E-state index contributed by atoms with van der Waals surface area (Å²) in [4.78, 5) is 22.1. The predicted octanol–water partition coefficient (Wildman–Crippen LogP) is 2.70. The molecule has 0 saturated heterocycles. The van der Waals surface area contributed by atoms with E-state index in [2.05, 4.69) is 15.1 Å². The van der Waals surface area contributed by atoms with Crippen molar-refractivity contribution in [3.63, 3.8) is 0 Å². The van der Waals surface area contributed by atoms with E-state index in [0.29, 0.717) is 18.7 Å². The highest BCUT2D eigenvalue weighted by Gasteiger charge is 2.15. The summed E-state index contributed by atoms with van der Waals surface area (Å²) in [5, 5.41) is 6.91. The Hall–Kier alpha value is -2.54. The Morgan fingerprint density at radius 3 is 2.83 bits per heavy atom. The van der Waals surface area contributed by atoms with Gasteiger partial charge in [0.1, 0.15) is 5.69 Å². The van der Waals surface area contributed by atoms with Crippen molar-refractivity contribution in [2.45, 2.75) is 19.9 Å². The quantitative estimate of drug-likeness (QED) is 0.720. The Bertz CT molecular complexity index is 797. The summed E-state index contributed by atoms with van der Waals surface area (Å²) in [6.45, 7) is 2.30. The molecule has 118 valence electrons. The standard InChI is InChI=1S/C16H16N4O2S/c1-11-18-13(10-23-11)7-16(21)20(2)9-14-8-15(19-22-14)12-3-5-17-6-4-12/h3-6,8,10H,7,9H2,1-2H3. The maximum atomic E-state index is 12.2. The van der Waals surface area contributed by atoms with Gasteiger partial charge in [0.15, 0.2) is 5.76 Å². The number of amides is 1. The first-order chi connectivity index (χ1) is 11.1. The SMILES string of the molecule is Cc1nc(CC(=O)N(C)Cc2cc(-c3ccncc3)no2)cs1. The third-order valence-corrected chi connectivity index (χ3v) is 4.18. The van der Waals surface area contributed by atoms with Gasteiger partial charge in [-0.15, -0.1) is 11.3 Å². The predicted molar refractivity (Wildman–Crippen MR) is 86.8 cm³/mol. The van der Waals surface area contributed by atoms with Crippen LogP contribution in [0.25, 0.3) is 11.3 Å². The molecule has 6 nitrogen and oxygen atoms in total. The van der Waals surface area contributed by atoms with E-state index in [1.165, 1.54) is 0 Å². The number of carbonyl (C=O) groups excluding carboxylic acids is 1. The summed E-state index contributed by atoms with van der Waals surface area (Å²) in [6.07, 6.45) is 3.70. The number of hydrogen-bond donors (Lipinski definition) is 0. The van der Waals surface area contributed by atoms with Gasteiger partial charge in [-0.3, -0.25) is 9.78 Å². The maximum Gasteiger partial charge on any atom is 0.228 e. The number of thiazole rings is 1. The first kappa shape index (κ1) is 15.4. The number of carbonyl (C=O) groups is 1. The van der Waals surface area contributed by atoms with Crippen LogP contribution in [-0.4, -0.2) is 33.0 Å². The number of aromatic nitrogens is 3. The first-order valence-corrected chi connectivity index (χ1v) is 8.01. The van der Waals surface area contributed by atoms with E-state index in [1.807, 2.05) is 30.5 Å². The zero-order chi connectivity index (χ0) is 16.2. The van der Waals surface area contributed by atoms with Crippen molar-refractivity contribution in [3.05, 3.63) is 52.4 Å². The molecule has 0 unspecified atom stereocenters. The van der Waals surface area contributed by atoms with Crippen LogP contribution >= 0.6 is 11.3 Å². The molecular weight excluding hydrogens is 312 g/mol. The second kappa shape index (κ2) is 6.70. The fourth-order valence-corrected chi connectivity index (χ4v) is 2.76. The fourth-order valence-electron chi connectivity index (χ4n) is 2.15. The zero-order valence-corrected chi connectivity index (χ0v) is 13.7. The molecule has 0 saturated carbocycles. The van der Waals surface area contributed by atoms with Gasteiger partial charge in [-0.2, -0.15) is 0 Å². The normalized spacial score (nSPS) is 10.7. The smallest absolute Gasteiger partial charge is 0.228 e. The van der Waals surface area contributed by atoms with Crippen LogP contribution in [0, 0.1) is 6.92 Å². The molecule has 3 aromatic rings. The van der Waals surface area contributed by atoms with Gasteiger partial charge in [-0.1, -0.05) is 5.16 Å². The summed E-state index contributed by atoms with van der Waals surface area (Å²) >= 11 is 1.55. The van der Waals surface area contributed by atoms with Gasteiger partial charge in [-0.05, 0) is 19.1 Å². The topological polar surface area (TPSA) is 72.1 Å². The van der Waals surface area contributed by atoms with Gasteiger partial charge >= 0.3 is 0 Å². The largest absolute Gasteiger partial charge is 0.359 e. The summed E-state index contributed by atoms with van der Waals surface area (Å²) < 4.78 is 5.32. The number of aryl methyl sites for hydroxylation is 1. The average Bonchev–Trinajstić information content (AvgIpc) is 3.17. The lowest BCUT2D eigenvalue weighted by Gasteiger charge is -2.14. The van der Waals surface area contributed by atoms with Crippen molar-refractivity contribution in [1.82, 2.24) is 20.0 Å². The van der Waals surface area contributed by atoms with E-state index in [-0.39, 0.29) is 5.91 Å². The lowest BCUT2D eigenvalue weighted by molar-refractivity contribution is -0.130. The van der Waals surface area contributed by atoms with E-state index in [4.69, 9.17) is 4.52 Å². The number of rotatable bonds is 5.